The summed E-state index contributed by atoms with van der Waals surface area (Å²) in [6.07, 6.45) is 4.87. The van der Waals surface area contributed by atoms with Crippen molar-refractivity contribution in [2.45, 2.75) is 45.1 Å². The Balaban J connectivity index is 2.02. The quantitative estimate of drug-likeness (QED) is 0.863. The maximum atomic E-state index is 6.05. The van der Waals surface area contributed by atoms with Crippen LogP contribution in [0.3, 0.4) is 0 Å². The Hall–Kier alpha value is -0.730. The van der Waals surface area contributed by atoms with Gasteiger partial charge in [-0.05, 0) is 61.8 Å². The summed E-state index contributed by atoms with van der Waals surface area (Å²) in [5.74, 6) is 1.64. The van der Waals surface area contributed by atoms with Crippen molar-refractivity contribution >= 4 is 17.3 Å². The first-order valence-electron chi connectivity index (χ1n) is 7.28. The highest BCUT2D eigenvalue weighted by Gasteiger charge is 2.34. The molecular formula is C16H25ClN2. The Morgan fingerprint density at radius 1 is 1.26 bits per heavy atom. The number of nitrogens with one attached hydrogen (secondary N) is 1. The molecule has 106 valence electrons. The first-order valence-corrected chi connectivity index (χ1v) is 7.66. The molecule has 1 aliphatic carbocycles. The average molecular weight is 281 g/mol. The van der Waals surface area contributed by atoms with Crippen LogP contribution in [-0.2, 0) is 0 Å². The minimum Gasteiger partial charge on any atom is -0.378 e. The predicted octanol–water partition coefficient (Wildman–Crippen LogP) is 4.30. The molecule has 0 radical (unpaired) electrons. The summed E-state index contributed by atoms with van der Waals surface area (Å²) in [5, 5.41) is 4.42. The van der Waals surface area contributed by atoms with Gasteiger partial charge in [0.15, 0.2) is 0 Å². The molecule has 1 saturated carbocycles. The van der Waals surface area contributed by atoms with Gasteiger partial charge in [0.2, 0.25) is 0 Å². The maximum Gasteiger partial charge on any atom is 0.0495 e. The van der Waals surface area contributed by atoms with Gasteiger partial charge in [0.1, 0.15) is 0 Å². The third-order valence-electron chi connectivity index (χ3n) is 4.57. The Kier molecular flexibility index (Phi) is 4.75. The van der Waals surface area contributed by atoms with Crippen molar-refractivity contribution in [1.29, 1.82) is 0 Å². The Morgan fingerprint density at radius 2 is 1.84 bits per heavy atom. The van der Waals surface area contributed by atoms with Gasteiger partial charge < -0.3 is 11.1 Å². The molecule has 0 saturated heterocycles. The van der Waals surface area contributed by atoms with E-state index in [1.54, 1.807) is 0 Å². The summed E-state index contributed by atoms with van der Waals surface area (Å²) < 4.78 is 0. The molecule has 3 N–H and O–H groups in total. The van der Waals surface area contributed by atoms with Crippen LogP contribution in [0.1, 0.15) is 39.5 Å². The number of nitrogens with two attached hydrogens (primary N) is 1. The molecule has 0 heterocycles. The van der Waals surface area contributed by atoms with Gasteiger partial charge in [-0.15, -0.1) is 0 Å². The van der Waals surface area contributed by atoms with Gasteiger partial charge >= 0.3 is 0 Å². The molecule has 19 heavy (non-hydrogen) atoms. The Bertz CT molecular complexity index is 392. The van der Waals surface area contributed by atoms with Gasteiger partial charge in [-0.3, -0.25) is 0 Å². The first-order chi connectivity index (χ1) is 9.04. The van der Waals surface area contributed by atoms with Crippen molar-refractivity contribution in [3.05, 3.63) is 29.3 Å². The molecule has 1 fully saturated rings. The molecule has 0 aromatic heterocycles. The number of anilines is 1. The van der Waals surface area contributed by atoms with E-state index in [9.17, 15) is 0 Å². The Morgan fingerprint density at radius 3 is 2.32 bits per heavy atom. The standard InChI is InChI=1S/C16H25ClN2/c1-12(2)13-7-9-16(11-18,10-8-13)19-15-5-3-14(17)4-6-15/h3-6,12-13,19H,7-11,18H2,1-2H3. The van der Waals surface area contributed by atoms with Gasteiger partial charge in [0.05, 0.1) is 0 Å². The topological polar surface area (TPSA) is 38.0 Å². The summed E-state index contributed by atoms with van der Waals surface area (Å²) in [4.78, 5) is 0. The first kappa shape index (κ1) is 14.7. The second kappa shape index (κ2) is 6.15. The molecule has 0 atom stereocenters. The summed E-state index contributed by atoms with van der Waals surface area (Å²) in [7, 11) is 0. The highest BCUT2D eigenvalue weighted by atomic mass is 35.5. The number of halogens is 1. The lowest BCUT2D eigenvalue weighted by atomic mass is 9.72. The van der Waals surface area contributed by atoms with E-state index in [2.05, 4.69) is 19.2 Å². The van der Waals surface area contributed by atoms with E-state index < -0.39 is 0 Å². The zero-order chi connectivity index (χ0) is 13.9. The summed E-state index contributed by atoms with van der Waals surface area (Å²) in [6, 6.07) is 7.92. The van der Waals surface area contributed by atoms with E-state index in [0.717, 1.165) is 35.4 Å². The smallest absolute Gasteiger partial charge is 0.0495 e. The molecule has 0 amide bonds. The van der Waals surface area contributed by atoms with Crippen molar-refractivity contribution in [1.82, 2.24) is 0 Å². The highest BCUT2D eigenvalue weighted by molar-refractivity contribution is 6.30. The molecule has 1 aromatic rings. The van der Waals surface area contributed by atoms with Crippen LogP contribution < -0.4 is 11.1 Å². The van der Waals surface area contributed by atoms with Crippen molar-refractivity contribution in [3.8, 4) is 0 Å². The molecule has 2 nitrogen and oxygen atoms in total. The average Bonchev–Trinajstić information content (AvgIpc) is 2.42. The van der Waals surface area contributed by atoms with Crippen molar-refractivity contribution in [2.24, 2.45) is 17.6 Å². The minimum atomic E-state index is 0.0687. The molecule has 1 aromatic carbocycles. The van der Waals surface area contributed by atoms with E-state index in [4.69, 9.17) is 17.3 Å². The van der Waals surface area contributed by atoms with Crippen molar-refractivity contribution < 1.29 is 0 Å². The van der Waals surface area contributed by atoms with Gasteiger partial charge in [-0.2, -0.15) is 0 Å². The van der Waals surface area contributed by atoms with E-state index in [-0.39, 0.29) is 5.54 Å². The third kappa shape index (κ3) is 3.64. The van der Waals surface area contributed by atoms with Gasteiger partial charge in [-0.1, -0.05) is 25.4 Å². The second-order valence-corrected chi connectivity index (χ2v) is 6.63. The predicted molar refractivity (Wildman–Crippen MR) is 83.7 cm³/mol. The Labute approximate surface area is 121 Å². The van der Waals surface area contributed by atoms with E-state index in [1.165, 1.54) is 12.8 Å². The summed E-state index contributed by atoms with van der Waals surface area (Å²) in [5.41, 5.74) is 7.24. The van der Waals surface area contributed by atoms with E-state index >= 15 is 0 Å². The van der Waals surface area contributed by atoms with Crippen LogP contribution in [0.5, 0.6) is 0 Å². The molecule has 1 aliphatic rings. The van der Waals surface area contributed by atoms with Crippen LogP contribution in [0.4, 0.5) is 5.69 Å². The van der Waals surface area contributed by atoms with Crippen LogP contribution in [0.15, 0.2) is 24.3 Å². The lowest BCUT2D eigenvalue weighted by Gasteiger charge is -2.42. The minimum absolute atomic E-state index is 0.0687. The lowest BCUT2D eigenvalue weighted by molar-refractivity contribution is 0.213. The molecule has 0 spiro atoms. The number of rotatable bonds is 4. The van der Waals surface area contributed by atoms with Crippen LogP contribution in [0, 0.1) is 11.8 Å². The summed E-state index contributed by atoms with van der Waals surface area (Å²) >= 11 is 5.92. The van der Waals surface area contributed by atoms with Gasteiger partial charge in [-0.25, -0.2) is 0 Å². The van der Waals surface area contributed by atoms with Gasteiger partial charge in [0.25, 0.3) is 0 Å². The van der Waals surface area contributed by atoms with Crippen molar-refractivity contribution in [2.75, 3.05) is 11.9 Å². The molecule has 0 bridgehead atoms. The zero-order valence-electron chi connectivity index (χ0n) is 12.0. The monoisotopic (exact) mass is 280 g/mol. The highest BCUT2D eigenvalue weighted by Crippen LogP contribution is 2.37. The molecule has 3 heteroatoms. The lowest BCUT2D eigenvalue weighted by Crippen LogP contribution is -2.48. The van der Waals surface area contributed by atoms with Gasteiger partial charge in [0, 0.05) is 22.8 Å². The fourth-order valence-electron chi connectivity index (χ4n) is 3.08. The molecule has 0 aliphatic heterocycles. The van der Waals surface area contributed by atoms with Crippen molar-refractivity contribution in [3.63, 3.8) is 0 Å². The molecular weight excluding hydrogens is 256 g/mol. The fourth-order valence-corrected chi connectivity index (χ4v) is 3.20. The third-order valence-corrected chi connectivity index (χ3v) is 4.83. The normalized spacial score (nSPS) is 27.5. The molecule has 0 unspecified atom stereocenters. The SMILES string of the molecule is CC(C)C1CCC(CN)(Nc2ccc(Cl)cc2)CC1. The second-order valence-electron chi connectivity index (χ2n) is 6.20. The number of hydrogen-bond acceptors (Lipinski definition) is 2. The maximum absolute atomic E-state index is 6.05. The van der Waals surface area contributed by atoms with Crippen LogP contribution >= 0.6 is 11.6 Å². The van der Waals surface area contributed by atoms with E-state index in [1.807, 2.05) is 24.3 Å². The number of hydrogen-bond donors (Lipinski definition) is 2. The molecule has 2 rings (SSSR count). The largest absolute Gasteiger partial charge is 0.378 e. The van der Waals surface area contributed by atoms with E-state index in [0.29, 0.717) is 6.54 Å². The number of benzene rings is 1. The van der Waals surface area contributed by atoms with Crippen LogP contribution in [-0.4, -0.2) is 12.1 Å². The van der Waals surface area contributed by atoms with Crippen LogP contribution in [0.25, 0.3) is 0 Å². The fraction of sp³-hybridized carbons (Fsp3) is 0.625. The summed E-state index contributed by atoms with van der Waals surface area (Å²) in [6.45, 7) is 5.35. The van der Waals surface area contributed by atoms with Crippen LogP contribution in [0.2, 0.25) is 5.02 Å². The zero-order valence-corrected chi connectivity index (χ0v) is 12.7.